The number of methoxy groups -OCH3 is 1. The Bertz CT molecular complexity index is 618. The van der Waals surface area contributed by atoms with E-state index in [9.17, 15) is 0 Å². The minimum absolute atomic E-state index is 0.0564. The summed E-state index contributed by atoms with van der Waals surface area (Å²) in [4.78, 5) is 0. The van der Waals surface area contributed by atoms with Gasteiger partial charge in [0.2, 0.25) is 0 Å². The van der Waals surface area contributed by atoms with Crippen LogP contribution in [-0.2, 0) is 10.2 Å². The van der Waals surface area contributed by atoms with Crippen molar-refractivity contribution in [1.29, 1.82) is 0 Å². The summed E-state index contributed by atoms with van der Waals surface area (Å²) >= 11 is 0. The van der Waals surface area contributed by atoms with Crippen molar-refractivity contribution in [2.24, 2.45) is 11.8 Å². The topological polar surface area (TPSA) is 18.5 Å². The highest BCUT2D eigenvalue weighted by molar-refractivity contribution is 6.49. The molecule has 0 spiro atoms. The van der Waals surface area contributed by atoms with E-state index >= 15 is 0 Å². The zero-order valence-electron chi connectivity index (χ0n) is 16.0. The van der Waals surface area contributed by atoms with Crippen molar-refractivity contribution < 1.29 is 9.16 Å². The number of hydrogen-bond acceptors (Lipinski definition) is 2. The lowest BCUT2D eigenvalue weighted by Crippen LogP contribution is -2.20. The third-order valence-electron chi connectivity index (χ3n) is 4.87. The van der Waals surface area contributed by atoms with Gasteiger partial charge in [-0.25, -0.2) is 0 Å². The first-order valence-corrected chi connectivity index (χ1v) is 11.6. The zero-order valence-corrected chi connectivity index (χ0v) is 17.0. The standard InChI is InChI=1S/C21H31O2Si/c1-21(2,3)17-9-7-8-16(19(17)23-24(5)6)20(22-4)18(14-10-11-14)15-12-13-15/h7-9,14-15H,10-13H2,1-6H3. The Balaban J connectivity index is 2.16. The van der Waals surface area contributed by atoms with Gasteiger partial charge < -0.3 is 9.16 Å². The van der Waals surface area contributed by atoms with Crippen LogP contribution in [0.5, 0.6) is 5.75 Å². The number of para-hydroxylation sites is 1. The van der Waals surface area contributed by atoms with Crippen molar-refractivity contribution in [3.63, 3.8) is 0 Å². The van der Waals surface area contributed by atoms with Crippen molar-refractivity contribution in [3.05, 3.63) is 34.9 Å². The molecule has 2 nitrogen and oxygen atoms in total. The van der Waals surface area contributed by atoms with Crippen molar-refractivity contribution in [1.82, 2.24) is 0 Å². The highest BCUT2D eigenvalue weighted by Crippen LogP contribution is 2.53. The molecule has 131 valence electrons. The van der Waals surface area contributed by atoms with Crippen LogP contribution < -0.4 is 4.43 Å². The van der Waals surface area contributed by atoms with Gasteiger partial charge in [0.25, 0.3) is 9.04 Å². The lowest BCUT2D eigenvalue weighted by molar-refractivity contribution is 0.360. The molecule has 0 saturated heterocycles. The summed E-state index contributed by atoms with van der Waals surface area (Å²) in [6.07, 6.45) is 5.30. The first-order valence-electron chi connectivity index (χ1n) is 9.22. The van der Waals surface area contributed by atoms with E-state index in [2.05, 4.69) is 52.1 Å². The Labute approximate surface area is 149 Å². The molecule has 0 amide bonds. The number of allylic oxidation sites excluding steroid dienone is 1. The highest BCUT2D eigenvalue weighted by atomic mass is 28.3. The monoisotopic (exact) mass is 343 g/mol. The van der Waals surface area contributed by atoms with Gasteiger partial charge in [0.15, 0.2) is 0 Å². The van der Waals surface area contributed by atoms with Crippen LogP contribution in [0.15, 0.2) is 23.8 Å². The van der Waals surface area contributed by atoms with Crippen molar-refractivity contribution in [2.75, 3.05) is 7.11 Å². The molecule has 0 heterocycles. The summed E-state index contributed by atoms with van der Waals surface area (Å²) in [5, 5.41) is 0. The van der Waals surface area contributed by atoms with Crippen LogP contribution in [0.1, 0.15) is 57.6 Å². The minimum atomic E-state index is -0.844. The molecule has 0 aromatic heterocycles. The summed E-state index contributed by atoms with van der Waals surface area (Å²) in [6.45, 7) is 11.2. The van der Waals surface area contributed by atoms with Crippen molar-refractivity contribution >= 4 is 14.8 Å². The van der Waals surface area contributed by atoms with Crippen LogP contribution in [0, 0.1) is 11.8 Å². The third kappa shape index (κ3) is 3.71. The maximum absolute atomic E-state index is 6.42. The van der Waals surface area contributed by atoms with Gasteiger partial charge in [-0.1, -0.05) is 32.9 Å². The van der Waals surface area contributed by atoms with E-state index in [1.807, 2.05) is 7.11 Å². The Morgan fingerprint density at radius 2 is 1.62 bits per heavy atom. The average molecular weight is 344 g/mol. The molecule has 1 aromatic rings. The van der Waals surface area contributed by atoms with Gasteiger partial charge in [-0.05, 0) is 73.2 Å². The maximum atomic E-state index is 6.42. The molecule has 24 heavy (non-hydrogen) atoms. The van der Waals surface area contributed by atoms with Crippen LogP contribution >= 0.6 is 0 Å². The van der Waals surface area contributed by atoms with E-state index in [1.165, 1.54) is 36.8 Å². The SMILES string of the molecule is COC(=C(C1CC1)C1CC1)c1cccc(C(C)(C)C)c1O[Si](C)C. The van der Waals surface area contributed by atoms with Crippen LogP contribution in [0.3, 0.4) is 0 Å². The lowest BCUT2D eigenvalue weighted by Gasteiger charge is -2.27. The Hall–Kier alpha value is -1.22. The third-order valence-corrected chi connectivity index (χ3v) is 5.49. The largest absolute Gasteiger partial charge is 0.542 e. The van der Waals surface area contributed by atoms with Crippen LogP contribution in [0.4, 0.5) is 0 Å². The fraction of sp³-hybridized carbons (Fsp3) is 0.619. The molecular weight excluding hydrogens is 312 g/mol. The summed E-state index contributed by atoms with van der Waals surface area (Å²) in [5.74, 6) is 3.64. The van der Waals surface area contributed by atoms with Gasteiger partial charge in [0.1, 0.15) is 11.5 Å². The Morgan fingerprint density at radius 1 is 1.04 bits per heavy atom. The molecule has 2 aliphatic carbocycles. The van der Waals surface area contributed by atoms with Gasteiger partial charge in [-0.2, -0.15) is 0 Å². The summed E-state index contributed by atoms with van der Waals surface area (Å²) in [6, 6.07) is 6.57. The summed E-state index contributed by atoms with van der Waals surface area (Å²) in [5.41, 5.74) is 4.08. The van der Waals surface area contributed by atoms with E-state index in [1.54, 1.807) is 5.57 Å². The molecular formula is C21H31O2Si. The predicted octanol–water partition coefficient (Wildman–Crippen LogP) is 5.79. The Kier molecular flexibility index (Phi) is 4.83. The molecule has 3 rings (SSSR count). The van der Waals surface area contributed by atoms with Gasteiger partial charge >= 0.3 is 0 Å². The van der Waals surface area contributed by atoms with Gasteiger partial charge in [0, 0.05) is 0 Å². The molecule has 1 aromatic carbocycles. The minimum Gasteiger partial charge on any atom is -0.542 e. The normalized spacial score (nSPS) is 17.8. The second-order valence-electron chi connectivity index (χ2n) is 8.48. The van der Waals surface area contributed by atoms with E-state index in [-0.39, 0.29) is 5.41 Å². The fourth-order valence-corrected chi connectivity index (χ4v) is 4.12. The molecule has 0 unspecified atom stereocenters. The molecule has 0 N–H and O–H groups in total. The van der Waals surface area contributed by atoms with Gasteiger partial charge in [-0.15, -0.1) is 0 Å². The summed E-state index contributed by atoms with van der Waals surface area (Å²) in [7, 11) is 0.987. The smallest absolute Gasteiger partial charge is 0.274 e. The summed E-state index contributed by atoms with van der Waals surface area (Å²) < 4.78 is 12.4. The predicted molar refractivity (Wildman–Crippen MR) is 103 cm³/mol. The number of benzene rings is 1. The molecule has 0 bridgehead atoms. The molecule has 3 heteroatoms. The molecule has 2 saturated carbocycles. The van der Waals surface area contributed by atoms with Crippen molar-refractivity contribution in [3.8, 4) is 5.75 Å². The first kappa shape index (κ1) is 17.6. The Morgan fingerprint density at radius 3 is 2.04 bits per heavy atom. The zero-order chi connectivity index (χ0) is 17.5. The number of rotatable bonds is 6. The molecule has 2 aliphatic rings. The van der Waals surface area contributed by atoms with E-state index in [0.717, 1.165) is 23.3 Å². The van der Waals surface area contributed by atoms with Crippen LogP contribution in [0.25, 0.3) is 5.76 Å². The number of ether oxygens (including phenoxy) is 1. The van der Waals surface area contributed by atoms with E-state index in [4.69, 9.17) is 9.16 Å². The molecule has 1 radical (unpaired) electrons. The fourth-order valence-electron chi connectivity index (χ4n) is 3.50. The average Bonchev–Trinajstić information content (AvgIpc) is 3.36. The molecule has 2 fully saturated rings. The maximum Gasteiger partial charge on any atom is 0.274 e. The van der Waals surface area contributed by atoms with Gasteiger partial charge in [-0.3, -0.25) is 0 Å². The second-order valence-corrected chi connectivity index (χ2v) is 10.5. The highest BCUT2D eigenvalue weighted by Gasteiger charge is 2.40. The lowest BCUT2D eigenvalue weighted by atomic mass is 9.84. The number of hydrogen-bond donors (Lipinski definition) is 0. The van der Waals surface area contributed by atoms with Crippen LogP contribution in [0.2, 0.25) is 13.1 Å². The van der Waals surface area contributed by atoms with Gasteiger partial charge in [0.05, 0.1) is 12.7 Å². The van der Waals surface area contributed by atoms with Crippen LogP contribution in [-0.4, -0.2) is 16.2 Å². The van der Waals surface area contributed by atoms with E-state index < -0.39 is 9.04 Å². The van der Waals surface area contributed by atoms with Crippen molar-refractivity contribution in [2.45, 2.75) is 65.0 Å². The molecule has 0 aliphatic heterocycles. The first-order chi connectivity index (χ1) is 11.3. The van der Waals surface area contributed by atoms with E-state index in [0.29, 0.717) is 0 Å². The molecule has 0 atom stereocenters. The second kappa shape index (κ2) is 6.59. The quantitative estimate of drug-likeness (QED) is 0.480.